The van der Waals surface area contributed by atoms with Gasteiger partial charge in [0.15, 0.2) is 0 Å². The molecule has 1 aromatic carbocycles. The maximum Gasteiger partial charge on any atom is 0.242 e. The summed E-state index contributed by atoms with van der Waals surface area (Å²) in [6.07, 6.45) is 4.42. The van der Waals surface area contributed by atoms with Gasteiger partial charge in [-0.25, -0.2) is 12.7 Å². The zero-order valence-electron chi connectivity index (χ0n) is 12.4. The number of hydrogen-bond donors (Lipinski definition) is 0. The maximum atomic E-state index is 12.1. The molecule has 2 unspecified atom stereocenters. The molecule has 0 aliphatic carbocycles. The summed E-state index contributed by atoms with van der Waals surface area (Å²) in [5.74, 6) is 0. The molecule has 2 atom stereocenters. The van der Waals surface area contributed by atoms with E-state index in [2.05, 4.69) is 4.90 Å². The molecule has 3 rings (SSSR count). The minimum atomic E-state index is -3.35. The van der Waals surface area contributed by atoms with Gasteiger partial charge >= 0.3 is 0 Å². The van der Waals surface area contributed by atoms with Gasteiger partial charge in [0.05, 0.1) is 4.90 Å². The molecule has 4 nitrogen and oxygen atoms in total. The molecular formula is C15H21ClN2O2S. The standard InChI is InChI=1S/C15H21ClN2O2S/c1-17(2)21(19,20)15-7-5-12(6-8-15)18-13-3-4-14(18)10-11(16)9-13/h5-8,11,13-14H,3-4,9-10H2,1-2H3. The quantitative estimate of drug-likeness (QED) is 0.801. The third kappa shape index (κ3) is 2.67. The van der Waals surface area contributed by atoms with Crippen molar-refractivity contribution in [3.8, 4) is 0 Å². The lowest BCUT2D eigenvalue weighted by molar-refractivity contribution is 0.474. The van der Waals surface area contributed by atoms with Gasteiger partial charge in [-0.2, -0.15) is 0 Å². The Morgan fingerprint density at radius 2 is 1.62 bits per heavy atom. The van der Waals surface area contributed by atoms with E-state index in [9.17, 15) is 8.42 Å². The topological polar surface area (TPSA) is 40.6 Å². The van der Waals surface area contributed by atoms with Crippen LogP contribution in [0.3, 0.4) is 0 Å². The fourth-order valence-corrected chi connectivity index (χ4v) is 4.85. The number of hydrogen-bond acceptors (Lipinski definition) is 3. The maximum absolute atomic E-state index is 12.1. The van der Waals surface area contributed by atoms with Gasteiger partial charge in [-0.1, -0.05) is 0 Å². The number of anilines is 1. The van der Waals surface area contributed by atoms with Gasteiger partial charge in [0.1, 0.15) is 0 Å². The van der Waals surface area contributed by atoms with Crippen molar-refractivity contribution in [2.45, 2.75) is 48.0 Å². The molecule has 1 aromatic rings. The summed E-state index contributed by atoms with van der Waals surface area (Å²) in [6, 6.07) is 8.27. The van der Waals surface area contributed by atoms with E-state index in [0.717, 1.165) is 18.5 Å². The molecule has 0 aromatic heterocycles. The van der Waals surface area contributed by atoms with E-state index in [1.165, 1.54) is 17.1 Å². The average Bonchev–Trinajstić information content (AvgIpc) is 2.71. The number of piperidine rings is 1. The Hall–Kier alpha value is -0.780. The minimum absolute atomic E-state index is 0.284. The summed E-state index contributed by atoms with van der Waals surface area (Å²) < 4.78 is 25.4. The second-order valence-electron chi connectivity index (χ2n) is 6.14. The number of halogens is 1. The molecule has 2 aliphatic rings. The van der Waals surface area contributed by atoms with Crippen LogP contribution in [0.5, 0.6) is 0 Å². The first-order valence-electron chi connectivity index (χ1n) is 7.34. The fraction of sp³-hybridized carbons (Fsp3) is 0.600. The molecule has 2 heterocycles. The van der Waals surface area contributed by atoms with Crippen LogP contribution in [0.1, 0.15) is 25.7 Å². The predicted molar refractivity (Wildman–Crippen MR) is 85.5 cm³/mol. The molecular weight excluding hydrogens is 308 g/mol. The van der Waals surface area contributed by atoms with E-state index in [0.29, 0.717) is 17.0 Å². The molecule has 6 heteroatoms. The molecule has 21 heavy (non-hydrogen) atoms. The van der Waals surface area contributed by atoms with Crippen molar-refractivity contribution in [2.75, 3.05) is 19.0 Å². The summed E-state index contributed by atoms with van der Waals surface area (Å²) in [7, 11) is -0.250. The van der Waals surface area contributed by atoms with Crippen molar-refractivity contribution in [1.29, 1.82) is 0 Å². The van der Waals surface area contributed by atoms with Crippen LogP contribution in [-0.4, -0.2) is 44.3 Å². The normalized spacial score (nSPS) is 29.1. The molecule has 2 fully saturated rings. The Labute approximate surface area is 131 Å². The molecule has 0 amide bonds. The summed E-state index contributed by atoms with van der Waals surface area (Å²) in [5, 5.41) is 0.284. The number of nitrogens with zero attached hydrogens (tertiary/aromatic N) is 2. The Bertz CT molecular complexity index is 601. The molecule has 2 bridgehead atoms. The number of sulfonamides is 1. The van der Waals surface area contributed by atoms with Crippen LogP contribution in [0, 0.1) is 0 Å². The van der Waals surface area contributed by atoms with Gasteiger partial charge in [0, 0.05) is 37.2 Å². The van der Waals surface area contributed by atoms with E-state index in [1.807, 2.05) is 12.1 Å². The first-order chi connectivity index (χ1) is 9.89. The highest BCUT2D eigenvalue weighted by molar-refractivity contribution is 7.89. The van der Waals surface area contributed by atoms with Crippen molar-refractivity contribution >= 4 is 27.3 Å². The van der Waals surface area contributed by atoms with Gasteiger partial charge < -0.3 is 4.90 Å². The SMILES string of the molecule is CN(C)S(=O)(=O)c1ccc(N2C3CCC2CC(Cl)C3)cc1. The van der Waals surface area contributed by atoms with E-state index >= 15 is 0 Å². The van der Waals surface area contributed by atoms with Gasteiger partial charge in [-0.05, 0) is 49.9 Å². The summed E-state index contributed by atoms with van der Waals surface area (Å²) in [6.45, 7) is 0. The highest BCUT2D eigenvalue weighted by atomic mass is 35.5. The Kier molecular flexibility index (Phi) is 3.93. The van der Waals surface area contributed by atoms with Crippen molar-refractivity contribution in [2.24, 2.45) is 0 Å². The average molecular weight is 329 g/mol. The lowest BCUT2D eigenvalue weighted by Crippen LogP contribution is -2.43. The van der Waals surface area contributed by atoms with Crippen LogP contribution in [0.25, 0.3) is 0 Å². The molecule has 2 saturated heterocycles. The number of fused-ring (bicyclic) bond motifs is 2. The summed E-state index contributed by atoms with van der Waals surface area (Å²) in [4.78, 5) is 2.78. The third-order valence-corrected chi connectivity index (χ3v) is 6.77. The highest BCUT2D eigenvalue weighted by Crippen LogP contribution is 2.41. The van der Waals surface area contributed by atoms with Crippen molar-refractivity contribution < 1.29 is 8.42 Å². The molecule has 0 spiro atoms. The summed E-state index contributed by atoms with van der Waals surface area (Å²) >= 11 is 6.31. The van der Waals surface area contributed by atoms with E-state index in [-0.39, 0.29) is 5.38 Å². The van der Waals surface area contributed by atoms with Crippen LogP contribution < -0.4 is 4.90 Å². The lowest BCUT2D eigenvalue weighted by Gasteiger charge is -2.39. The molecule has 0 N–H and O–H groups in total. The molecule has 0 radical (unpaired) electrons. The minimum Gasteiger partial charge on any atom is -0.365 e. The third-order valence-electron chi connectivity index (χ3n) is 4.59. The van der Waals surface area contributed by atoms with Gasteiger partial charge in [0.25, 0.3) is 0 Å². The second kappa shape index (κ2) is 5.45. The van der Waals surface area contributed by atoms with E-state index < -0.39 is 10.0 Å². The largest absolute Gasteiger partial charge is 0.365 e. The van der Waals surface area contributed by atoms with Gasteiger partial charge in [-0.15, -0.1) is 11.6 Å². The van der Waals surface area contributed by atoms with E-state index in [1.54, 1.807) is 26.2 Å². The number of benzene rings is 1. The first kappa shape index (κ1) is 15.1. The van der Waals surface area contributed by atoms with Crippen LogP contribution >= 0.6 is 11.6 Å². The van der Waals surface area contributed by atoms with Crippen LogP contribution in [-0.2, 0) is 10.0 Å². The Morgan fingerprint density at radius 1 is 1.10 bits per heavy atom. The van der Waals surface area contributed by atoms with Crippen LogP contribution in [0.2, 0.25) is 0 Å². The van der Waals surface area contributed by atoms with E-state index in [4.69, 9.17) is 11.6 Å². The van der Waals surface area contributed by atoms with Crippen molar-refractivity contribution in [3.05, 3.63) is 24.3 Å². The summed E-state index contributed by atoms with van der Waals surface area (Å²) in [5.41, 5.74) is 1.11. The highest BCUT2D eigenvalue weighted by Gasteiger charge is 2.40. The zero-order valence-corrected chi connectivity index (χ0v) is 13.9. The fourth-order valence-electron chi connectivity index (χ4n) is 3.53. The number of alkyl halides is 1. The molecule has 2 aliphatic heterocycles. The van der Waals surface area contributed by atoms with Crippen molar-refractivity contribution in [1.82, 2.24) is 4.31 Å². The van der Waals surface area contributed by atoms with Gasteiger partial charge in [0.2, 0.25) is 10.0 Å². The second-order valence-corrected chi connectivity index (χ2v) is 8.91. The monoisotopic (exact) mass is 328 g/mol. The lowest BCUT2D eigenvalue weighted by atomic mass is 10.0. The Balaban J connectivity index is 1.86. The first-order valence-corrected chi connectivity index (χ1v) is 9.22. The molecule has 116 valence electrons. The molecule has 0 saturated carbocycles. The number of rotatable bonds is 3. The zero-order chi connectivity index (χ0) is 15.2. The van der Waals surface area contributed by atoms with Crippen LogP contribution in [0.15, 0.2) is 29.2 Å². The predicted octanol–water partition coefficient (Wildman–Crippen LogP) is 2.68. The smallest absolute Gasteiger partial charge is 0.242 e. The Morgan fingerprint density at radius 3 is 2.10 bits per heavy atom. The van der Waals surface area contributed by atoms with Crippen molar-refractivity contribution in [3.63, 3.8) is 0 Å². The van der Waals surface area contributed by atoms with Gasteiger partial charge in [-0.3, -0.25) is 0 Å². The van der Waals surface area contributed by atoms with Crippen LogP contribution in [0.4, 0.5) is 5.69 Å².